The van der Waals surface area contributed by atoms with E-state index >= 15 is 0 Å². The summed E-state index contributed by atoms with van der Waals surface area (Å²) in [7, 11) is 0. The number of rotatable bonds is 2. The Kier molecular flexibility index (Phi) is 2.57. The first-order valence-corrected chi connectivity index (χ1v) is 5.79. The number of aromatic amines is 1. The highest BCUT2D eigenvalue weighted by Crippen LogP contribution is 2.14. The van der Waals surface area contributed by atoms with Crippen LogP contribution in [0.2, 0.25) is 0 Å². The summed E-state index contributed by atoms with van der Waals surface area (Å²) in [6, 6.07) is 7.82. The van der Waals surface area contributed by atoms with Crippen LogP contribution in [0.4, 0.5) is 0 Å². The number of carbonyl (C=O) groups is 1. The normalized spacial score (nSPS) is 19.6. The molecule has 88 valence electrons. The van der Waals surface area contributed by atoms with Gasteiger partial charge in [0.05, 0.1) is 12.6 Å². The van der Waals surface area contributed by atoms with Gasteiger partial charge >= 0.3 is 0 Å². The minimum atomic E-state index is -0.0306. The van der Waals surface area contributed by atoms with Crippen LogP contribution >= 0.6 is 0 Å². The third kappa shape index (κ3) is 2.03. The molecule has 3 rings (SSSR count). The second-order valence-corrected chi connectivity index (χ2v) is 4.31. The van der Waals surface area contributed by atoms with Gasteiger partial charge in [-0.2, -0.15) is 0 Å². The summed E-state index contributed by atoms with van der Waals surface area (Å²) in [4.78, 5) is 15.1. The zero-order valence-corrected chi connectivity index (χ0v) is 9.40. The molecule has 4 nitrogen and oxygen atoms in total. The number of nitrogens with one attached hydrogen (secondary N) is 2. The van der Waals surface area contributed by atoms with Crippen molar-refractivity contribution in [3.8, 4) is 0 Å². The summed E-state index contributed by atoms with van der Waals surface area (Å²) >= 11 is 0. The molecule has 2 aromatic rings. The highest BCUT2D eigenvalue weighted by Gasteiger charge is 2.18. The van der Waals surface area contributed by atoms with Crippen molar-refractivity contribution < 1.29 is 9.53 Å². The maximum Gasteiger partial charge on any atom is 0.251 e. The fraction of sp³-hybridized carbons (Fsp3) is 0.308. The third-order valence-corrected chi connectivity index (χ3v) is 3.08. The zero-order chi connectivity index (χ0) is 11.7. The quantitative estimate of drug-likeness (QED) is 0.824. The average Bonchev–Trinajstić information content (AvgIpc) is 2.97. The van der Waals surface area contributed by atoms with Crippen molar-refractivity contribution >= 4 is 16.8 Å². The molecule has 1 aromatic carbocycles. The summed E-state index contributed by atoms with van der Waals surface area (Å²) in [5.41, 5.74) is 1.67. The van der Waals surface area contributed by atoms with E-state index in [1.54, 1.807) is 0 Å². The third-order valence-electron chi connectivity index (χ3n) is 3.08. The van der Waals surface area contributed by atoms with Crippen LogP contribution < -0.4 is 5.32 Å². The monoisotopic (exact) mass is 230 g/mol. The van der Waals surface area contributed by atoms with Crippen LogP contribution in [0.5, 0.6) is 0 Å². The molecule has 1 unspecified atom stereocenters. The van der Waals surface area contributed by atoms with Crippen molar-refractivity contribution in [3.63, 3.8) is 0 Å². The first-order valence-electron chi connectivity index (χ1n) is 5.79. The lowest BCUT2D eigenvalue weighted by atomic mass is 10.1. The summed E-state index contributed by atoms with van der Waals surface area (Å²) in [5.74, 6) is -0.0306. The second-order valence-electron chi connectivity index (χ2n) is 4.31. The fourth-order valence-electron chi connectivity index (χ4n) is 2.11. The number of ether oxygens (including phenoxy) is 1. The smallest absolute Gasteiger partial charge is 0.251 e. The summed E-state index contributed by atoms with van der Waals surface area (Å²) < 4.78 is 5.23. The van der Waals surface area contributed by atoms with Crippen molar-refractivity contribution in [1.29, 1.82) is 0 Å². The predicted octanol–water partition coefficient (Wildman–Crippen LogP) is 1.69. The van der Waals surface area contributed by atoms with Crippen molar-refractivity contribution in [2.75, 3.05) is 13.2 Å². The summed E-state index contributed by atoms with van der Waals surface area (Å²) in [6.45, 7) is 1.36. The Morgan fingerprint density at radius 2 is 2.35 bits per heavy atom. The molecule has 2 N–H and O–H groups in total. The van der Waals surface area contributed by atoms with Crippen LogP contribution in [-0.4, -0.2) is 30.1 Å². The molecular formula is C13H14N2O2. The van der Waals surface area contributed by atoms with Gasteiger partial charge in [-0.3, -0.25) is 4.79 Å². The minimum Gasteiger partial charge on any atom is -0.379 e. The molecule has 0 bridgehead atoms. The van der Waals surface area contributed by atoms with Crippen LogP contribution in [0, 0.1) is 0 Å². The standard InChI is InChI=1S/C13H14N2O2/c16-13(15-11-4-6-17-8-11)10-2-1-9-3-5-14-12(9)7-10/h1-3,5,7,11,14H,4,6,8H2,(H,15,16). The summed E-state index contributed by atoms with van der Waals surface area (Å²) in [5, 5.41) is 4.09. The Morgan fingerprint density at radius 1 is 1.41 bits per heavy atom. The first kappa shape index (κ1) is 10.4. The first-order chi connectivity index (χ1) is 8.33. The van der Waals surface area contributed by atoms with Crippen LogP contribution in [-0.2, 0) is 4.74 Å². The number of benzene rings is 1. The zero-order valence-electron chi connectivity index (χ0n) is 9.40. The fourth-order valence-corrected chi connectivity index (χ4v) is 2.11. The van der Waals surface area contributed by atoms with Gasteiger partial charge in [0.25, 0.3) is 5.91 Å². The Morgan fingerprint density at radius 3 is 3.18 bits per heavy atom. The van der Waals surface area contributed by atoms with Gasteiger partial charge in [-0.15, -0.1) is 0 Å². The van der Waals surface area contributed by atoms with Gasteiger partial charge in [0, 0.05) is 23.9 Å². The molecule has 0 aliphatic carbocycles. The van der Waals surface area contributed by atoms with E-state index in [9.17, 15) is 4.79 Å². The molecule has 0 radical (unpaired) electrons. The van der Waals surface area contributed by atoms with Crippen molar-refractivity contribution in [2.24, 2.45) is 0 Å². The maximum atomic E-state index is 12.0. The van der Waals surface area contributed by atoms with Gasteiger partial charge < -0.3 is 15.0 Å². The minimum absolute atomic E-state index is 0.0306. The molecule has 17 heavy (non-hydrogen) atoms. The van der Waals surface area contributed by atoms with Gasteiger partial charge in [0.2, 0.25) is 0 Å². The maximum absolute atomic E-state index is 12.0. The molecule has 1 saturated heterocycles. The van der Waals surface area contributed by atoms with Gasteiger partial charge in [0.1, 0.15) is 0 Å². The van der Waals surface area contributed by atoms with E-state index in [0.29, 0.717) is 12.2 Å². The lowest BCUT2D eigenvalue weighted by molar-refractivity contribution is 0.0930. The molecule has 0 spiro atoms. The lowest BCUT2D eigenvalue weighted by Crippen LogP contribution is -2.34. The van der Waals surface area contributed by atoms with E-state index in [4.69, 9.17) is 4.74 Å². The van der Waals surface area contributed by atoms with E-state index in [0.717, 1.165) is 23.9 Å². The van der Waals surface area contributed by atoms with Crippen molar-refractivity contribution in [2.45, 2.75) is 12.5 Å². The number of H-pyrrole nitrogens is 1. The Labute approximate surface area is 99.0 Å². The van der Waals surface area contributed by atoms with E-state index in [2.05, 4.69) is 10.3 Å². The number of carbonyl (C=O) groups excluding carboxylic acids is 1. The van der Waals surface area contributed by atoms with Gasteiger partial charge in [-0.25, -0.2) is 0 Å². The molecule has 1 fully saturated rings. The SMILES string of the molecule is O=C(NC1CCOC1)c1ccc2cc[nH]c2c1. The molecule has 1 aromatic heterocycles. The summed E-state index contributed by atoms with van der Waals surface area (Å²) in [6.07, 6.45) is 2.77. The topological polar surface area (TPSA) is 54.1 Å². The average molecular weight is 230 g/mol. The largest absolute Gasteiger partial charge is 0.379 e. The van der Waals surface area contributed by atoms with Crippen LogP contribution in [0.25, 0.3) is 10.9 Å². The van der Waals surface area contributed by atoms with Crippen LogP contribution in [0.15, 0.2) is 30.5 Å². The highest BCUT2D eigenvalue weighted by atomic mass is 16.5. The number of amides is 1. The molecule has 1 aliphatic rings. The second kappa shape index (κ2) is 4.22. The Balaban J connectivity index is 1.79. The number of aromatic nitrogens is 1. The Bertz CT molecular complexity index is 541. The van der Waals surface area contributed by atoms with Crippen LogP contribution in [0.1, 0.15) is 16.8 Å². The molecule has 2 heterocycles. The number of fused-ring (bicyclic) bond motifs is 1. The molecule has 0 saturated carbocycles. The molecule has 1 amide bonds. The van der Waals surface area contributed by atoms with Crippen LogP contribution in [0.3, 0.4) is 0 Å². The molecular weight excluding hydrogens is 216 g/mol. The van der Waals surface area contributed by atoms with Crippen molar-refractivity contribution in [1.82, 2.24) is 10.3 Å². The van der Waals surface area contributed by atoms with E-state index < -0.39 is 0 Å². The van der Waals surface area contributed by atoms with E-state index in [1.165, 1.54) is 0 Å². The van der Waals surface area contributed by atoms with Crippen molar-refractivity contribution in [3.05, 3.63) is 36.0 Å². The number of hydrogen-bond donors (Lipinski definition) is 2. The van der Waals surface area contributed by atoms with Gasteiger partial charge in [-0.1, -0.05) is 6.07 Å². The highest BCUT2D eigenvalue weighted by molar-refractivity contribution is 5.98. The molecule has 4 heteroatoms. The number of hydrogen-bond acceptors (Lipinski definition) is 2. The van der Waals surface area contributed by atoms with E-state index in [1.807, 2.05) is 30.5 Å². The van der Waals surface area contributed by atoms with Gasteiger partial charge in [0.15, 0.2) is 0 Å². The Hall–Kier alpha value is -1.81. The van der Waals surface area contributed by atoms with E-state index in [-0.39, 0.29) is 11.9 Å². The molecule has 1 atom stereocenters. The lowest BCUT2D eigenvalue weighted by Gasteiger charge is -2.10. The van der Waals surface area contributed by atoms with Gasteiger partial charge in [-0.05, 0) is 30.0 Å². The molecule has 1 aliphatic heterocycles. The predicted molar refractivity (Wildman–Crippen MR) is 65.0 cm³/mol.